The average Bonchev–Trinajstić information content (AvgIpc) is 3.64. The molecule has 11 nitrogen and oxygen atoms in total. The lowest BCUT2D eigenvalue weighted by molar-refractivity contribution is -0.122. The highest BCUT2D eigenvalue weighted by Crippen LogP contribution is 2.29. The number of nitrogens with zero attached hydrogens (tertiary/aromatic N) is 1. The summed E-state index contributed by atoms with van der Waals surface area (Å²) in [7, 11) is -2.18. The molecule has 0 bridgehead atoms. The smallest absolute Gasteiger partial charge is 0.323 e. The highest BCUT2D eigenvalue weighted by Gasteiger charge is 2.48. The van der Waals surface area contributed by atoms with Crippen LogP contribution >= 0.6 is 0 Å². The van der Waals surface area contributed by atoms with Crippen molar-refractivity contribution in [2.45, 2.75) is 30.2 Å². The molecule has 1 aliphatic carbocycles. The molecule has 0 radical (unpaired) electrons. The zero-order valence-electron chi connectivity index (χ0n) is 19.7. The van der Waals surface area contributed by atoms with Gasteiger partial charge in [-0.1, -0.05) is 17.9 Å². The number of hydrogen-bond acceptors (Lipinski definition) is 7. The van der Waals surface area contributed by atoms with E-state index in [1.807, 2.05) is 0 Å². The maximum Gasteiger partial charge on any atom is 0.323 e. The summed E-state index contributed by atoms with van der Waals surface area (Å²) in [6, 6.07) is 10.2. The van der Waals surface area contributed by atoms with Gasteiger partial charge in [-0.2, -0.15) is 0 Å². The third-order valence-corrected chi connectivity index (χ3v) is 8.15. The maximum atomic E-state index is 13.0. The second-order valence-corrected chi connectivity index (χ2v) is 11.0. The fourth-order valence-corrected chi connectivity index (χ4v) is 5.45. The molecule has 0 aromatic heterocycles. The minimum Gasteiger partial charge on any atom is -0.497 e. The first kappa shape index (κ1) is 24.3. The van der Waals surface area contributed by atoms with Gasteiger partial charge in [-0.15, -0.1) is 0 Å². The lowest BCUT2D eigenvalue weighted by atomic mass is 9.99. The van der Waals surface area contributed by atoms with E-state index in [1.165, 1.54) is 36.3 Å². The molecule has 190 valence electrons. The summed E-state index contributed by atoms with van der Waals surface area (Å²) in [6.07, 6.45) is 1.07. The number of benzene rings is 2. The van der Waals surface area contributed by atoms with Gasteiger partial charge < -0.3 is 15.0 Å². The average molecular weight is 523 g/mol. The molecule has 0 unspecified atom stereocenters. The Kier molecular flexibility index (Phi) is 5.88. The van der Waals surface area contributed by atoms with Crippen LogP contribution in [0.25, 0.3) is 0 Å². The van der Waals surface area contributed by atoms with Gasteiger partial charge in [0.15, 0.2) is 0 Å². The summed E-state index contributed by atoms with van der Waals surface area (Å²) in [5.41, 5.74) is 0.0664. The van der Waals surface area contributed by atoms with Crippen LogP contribution in [0.1, 0.15) is 44.7 Å². The number of carbonyl (C=O) groups excluding carboxylic acids is 4. The Balaban J connectivity index is 1.35. The van der Waals surface area contributed by atoms with E-state index in [0.29, 0.717) is 29.7 Å². The van der Waals surface area contributed by atoms with Crippen molar-refractivity contribution in [3.8, 4) is 17.6 Å². The van der Waals surface area contributed by atoms with Gasteiger partial charge in [-0.25, -0.2) is 17.9 Å². The standard InChI is InChI=1S/C25H22N4O7S/c1-36-18-7-6-17-13-29(22(31)20(17)12-18)14-25(23(32)26-24(33)27-25)11-10-15-2-4-16(5-3-15)21(30)28-37(34,35)19-8-9-19/h2-7,12,19H,8-9,13-14H2,1H3,(H,28,30)(H2,26,27,32,33)/t25-/m1/s1. The number of urea groups is 1. The van der Waals surface area contributed by atoms with E-state index in [1.54, 1.807) is 18.2 Å². The van der Waals surface area contributed by atoms with Crippen LogP contribution in [0.4, 0.5) is 4.79 Å². The van der Waals surface area contributed by atoms with E-state index < -0.39 is 38.7 Å². The Morgan fingerprint density at radius 1 is 1.16 bits per heavy atom. The monoisotopic (exact) mass is 522 g/mol. The van der Waals surface area contributed by atoms with Crippen molar-refractivity contribution in [2.24, 2.45) is 0 Å². The van der Waals surface area contributed by atoms with Gasteiger partial charge in [0, 0.05) is 23.2 Å². The van der Waals surface area contributed by atoms with Crippen molar-refractivity contribution < 1.29 is 32.3 Å². The second kappa shape index (κ2) is 8.94. The first-order valence-corrected chi connectivity index (χ1v) is 12.9. The predicted molar refractivity (Wildman–Crippen MR) is 130 cm³/mol. The predicted octanol–water partition coefficient (Wildman–Crippen LogP) is 0.503. The van der Waals surface area contributed by atoms with Crippen LogP contribution in [0.2, 0.25) is 0 Å². The summed E-state index contributed by atoms with van der Waals surface area (Å²) in [6.45, 7) is 0.0469. The molecular weight excluding hydrogens is 500 g/mol. The van der Waals surface area contributed by atoms with E-state index in [-0.39, 0.29) is 24.6 Å². The maximum absolute atomic E-state index is 13.0. The number of imide groups is 1. The molecule has 2 aliphatic heterocycles. The first-order valence-electron chi connectivity index (χ1n) is 11.4. The van der Waals surface area contributed by atoms with Crippen LogP contribution in [0.15, 0.2) is 42.5 Å². The van der Waals surface area contributed by atoms with Crippen molar-refractivity contribution in [3.05, 3.63) is 64.7 Å². The van der Waals surface area contributed by atoms with Crippen LogP contribution in [0.5, 0.6) is 5.75 Å². The van der Waals surface area contributed by atoms with Crippen LogP contribution in [-0.4, -0.2) is 61.5 Å². The summed E-state index contributed by atoms with van der Waals surface area (Å²) in [5.74, 6) is 4.38. The fourth-order valence-electron chi connectivity index (χ4n) is 4.15. The minimum absolute atomic E-state index is 0.132. The number of ether oxygens (including phenoxy) is 1. The summed E-state index contributed by atoms with van der Waals surface area (Å²) < 4.78 is 31.2. The number of methoxy groups -OCH3 is 1. The van der Waals surface area contributed by atoms with E-state index in [0.717, 1.165) is 5.56 Å². The quantitative estimate of drug-likeness (QED) is 0.369. The van der Waals surface area contributed by atoms with Crippen molar-refractivity contribution >= 4 is 33.8 Å². The molecule has 3 N–H and O–H groups in total. The molecule has 1 saturated heterocycles. The third kappa shape index (κ3) is 4.73. The Hall–Kier alpha value is -4.37. The van der Waals surface area contributed by atoms with E-state index in [2.05, 4.69) is 27.2 Å². The highest BCUT2D eigenvalue weighted by molar-refractivity contribution is 7.91. The zero-order valence-corrected chi connectivity index (χ0v) is 20.5. The van der Waals surface area contributed by atoms with Gasteiger partial charge in [0.05, 0.1) is 18.9 Å². The van der Waals surface area contributed by atoms with Gasteiger partial charge in [0.25, 0.3) is 17.7 Å². The largest absolute Gasteiger partial charge is 0.497 e. The molecule has 5 rings (SSSR count). The van der Waals surface area contributed by atoms with E-state index in [9.17, 15) is 27.6 Å². The zero-order chi connectivity index (χ0) is 26.4. The molecule has 2 heterocycles. The summed E-state index contributed by atoms with van der Waals surface area (Å²) in [4.78, 5) is 51.5. The van der Waals surface area contributed by atoms with Gasteiger partial charge in [-0.3, -0.25) is 19.7 Å². The van der Waals surface area contributed by atoms with Gasteiger partial charge in [0.1, 0.15) is 5.75 Å². The molecular formula is C25H22N4O7S. The number of nitrogens with one attached hydrogen (secondary N) is 3. The Morgan fingerprint density at radius 2 is 1.89 bits per heavy atom. The molecule has 0 spiro atoms. The number of sulfonamides is 1. The molecule has 2 aromatic rings. The van der Waals surface area contributed by atoms with Crippen LogP contribution in [0.3, 0.4) is 0 Å². The van der Waals surface area contributed by atoms with E-state index >= 15 is 0 Å². The van der Waals surface area contributed by atoms with E-state index in [4.69, 9.17) is 4.74 Å². The van der Waals surface area contributed by atoms with Crippen LogP contribution in [-0.2, 0) is 21.4 Å². The topological polar surface area (TPSA) is 151 Å². The molecule has 37 heavy (non-hydrogen) atoms. The van der Waals surface area contributed by atoms with Gasteiger partial charge >= 0.3 is 6.03 Å². The summed E-state index contributed by atoms with van der Waals surface area (Å²) >= 11 is 0. The van der Waals surface area contributed by atoms with Crippen molar-refractivity contribution in [3.63, 3.8) is 0 Å². The second-order valence-electron chi connectivity index (χ2n) is 9.00. The Bertz CT molecular complexity index is 1500. The highest BCUT2D eigenvalue weighted by atomic mass is 32.2. The SMILES string of the molecule is COc1ccc2c(c1)C(=O)N(C[C@@]1(C#Cc3ccc(C(=O)NS(=O)(=O)C4CC4)cc3)NC(=O)NC1=O)C2. The lowest BCUT2D eigenvalue weighted by Gasteiger charge is -2.26. The van der Waals surface area contributed by atoms with Crippen molar-refractivity contribution in [1.82, 2.24) is 20.3 Å². The number of hydrogen-bond donors (Lipinski definition) is 3. The van der Waals surface area contributed by atoms with Crippen molar-refractivity contribution in [2.75, 3.05) is 13.7 Å². The first-order chi connectivity index (χ1) is 17.6. The Morgan fingerprint density at radius 3 is 2.51 bits per heavy atom. The van der Waals surface area contributed by atoms with Gasteiger partial charge in [-0.05, 0) is 54.8 Å². The van der Waals surface area contributed by atoms with Gasteiger partial charge in [0.2, 0.25) is 15.6 Å². The molecule has 5 amide bonds. The normalized spacial score (nSPS) is 20.5. The molecule has 1 atom stereocenters. The number of amides is 5. The molecule has 2 aromatic carbocycles. The van der Waals surface area contributed by atoms with Crippen LogP contribution in [0, 0.1) is 11.8 Å². The molecule has 1 saturated carbocycles. The molecule has 2 fully saturated rings. The molecule has 12 heteroatoms. The molecule has 3 aliphatic rings. The third-order valence-electron chi connectivity index (χ3n) is 6.33. The minimum atomic E-state index is -3.68. The fraction of sp³-hybridized carbons (Fsp3) is 0.280. The number of rotatable bonds is 6. The Labute approximate surface area is 212 Å². The number of carbonyl (C=O) groups is 4. The van der Waals surface area contributed by atoms with Crippen LogP contribution < -0.4 is 20.1 Å². The summed E-state index contributed by atoms with van der Waals surface area (Å²) in [5, 5.41) is 4.18. The van der Waals surface area contributed by atoms with Crippen molar-refractivity contribution in [1.29, 1.82) is 0 Å². The lowest BCUT2D eigenvalue weighted by Crippen LogP contribution is -2.54. The number of fused-ring (bicyclic) bond motifs is 1.